The summed E-state index contributed by atoms with van der Waals surface area (Å²) in [6.07, 6.45) is 2.41. The Kier molecular flexibility index (Phi) is 5.07. The van der Waals surface area contributed by atoms with Gasteiger partial charge in [0.25, 0.3) is 5.91 Å². The zero-order valence-electron chi connectivity index (χ0n) is 15.2. The van der Waals surface area contributed by atoms with E-state index in [4.69, 9.17) is 4.74 Å². The third-order valence-electron chi connectivity index (χ3n) is 5.13. The SMILES string of the molecule is O=C(c1cncc(F)c1)N1CCOCC2(CN(Cc3cc(F)cc(F)c3)C2)C1. The third-order valence-corrected chi connectivity index (χ3v) is 5.13. The summed E-state index contributed by atoms with van der Waals surface area (Å²) >= 11 is 0. The molecule has 4 rings (SSSR count). The van der Waals surface area contributed by atoms with Crippen LogP contribution in [0.5, 0.6) is 0 Å². The average Bonchev–Trinajstić information content (AvgIpc) is 2.83. The summed E-state index contributed by atoms with van der Waals surface area (Å²) in [5.74, 6) is -2.02. The second kappa shape index (κ2) is 7.52. The molecule has 5 nitrogen and oxygen atoms in total. The molecule has 0 atom stereocenters. The minimum atomic E-state index is -0.594. The summed E-state index contributed by atoms with van der Waals surface area (Å²) < 4.78 is 45.9. The highest BCUT2D eigenvalue weighted by atomic mass is 19.1. The zero-order chi connectivity index (χ0) is 19.7. The lowest BCUT2D eigenvalue weighted by Gasteiger charge is -2.50. The van der Waals surface area contributed by atoms with Crippen LogP contribution in [0.25, 0.3) is 0 Å². The van der Waals surface area contributed by atoms with Gasteiger partial charge in [-0.25, -0.2) is 13.2 Å². The van der Waals surface area contributed by atoms with E-state index < -0.39 is 17.5 Å². The van der Waals surface area contributed by atoms with Crippen molar-refractivity contribution in [2.45, 2.75) is 6.54 Å². The first-order valence-electron chi connectivity index (χ1n) is 9.07. The second-order valence-electron chi connectivity index (χ2n) is 7.59. The van der Waals surface area contributed by atoms with Gasteiger partial charge < -0.3 is 9.64 Å². The summed E-state index contributed by atoms with van der Waals surface area (Å²) in [5.41, 5.74) is 0.544. The zero-order valence-corrected chi connectivity index (χ0v) is 15.2. The molecule has 0 radical (unpaired) electrons. The molecule has 2 saturated heterocycles. The number of halogens is 3. The number of carbonyl (C=O) groups excluding carboxylic acids is 1. The number of carbonyl (C=O) groups is 1. The van der Waals surface area contributed by atoms with Crippen LogP contribution in [0, 0.1) is 22.9 Å². The Balaban J connectivity index is 1.42. The molecule has 2 aromatic rings. The van der Waals surface area contributed by atoms with E-state index in [1.54, 1.807) is 4.90 Å². The lowest BCUT2D eigenvalue weighted by atomic mass is 9.79. The summed E-state index contributed by atoms with van der Waals surface area (Å²) in [6, 6.07) is 4.68. The van der Waals surface area contributed by atoms with Crippen molar-refractivity contribution in [1.29, 1.82) is 0 Å². The van der Waals surface area contributed by atoms with E-state index in [2.05, 4.69) is 9.88 Å². The number of hydrogen-bond acceptors (Lipinski definition) is 4. The van der Waals surface area contributed by atoms with E-state index in [-0.39, 0.29) is 16.9 Å². The van der Waals surface area contributed by atoms with Gasteiger partial charge in [0.1, 0.15) is 17.5 Å². The number of benzene rings is 1. The van der Waals surface area contributed by atoms with E-state index in [1.165, 1.54) is 24.4 Å². The third kappa shape index (κ3) is 4.02. The van der Waals surface area contributed by atoms with Crippen LogP contribution in [0.3, 0.4) is 0 Å². The fourth-order valence-corrected chi connectivity index (χ4v) is 4.04. The molecular formula is C20H20F3N3O2. The Morgan fingerprint density at radius 1 is 1.04 bits per heavy atom. The monoisotopic (exact) mass is 391 g/mol. The Hall–Kier alpha value is -2.45. The van der Waals surface area contributed by atoms with Gasteiger partial charge in [-0.3, -0.25) is 14.7 Å². The number of pyridine rings is 1. The van der Waals surface area contributed by atoms with Gasteiger partial charge in [-0.05, 0) is 23.8 Å². The fourth-order valence-electron chi connectivity index (χ4n) is 4.04. The lowest BCUT2D eigenvalue weighted by Crippen LogP contribution is -2.62. The Morgan fingerprint density at radius 2 is 1.79 bits per heavy atom. The van der Waals surface area contributed by atoms with Crippen LogP contribution in [0.4, 0.5) is 13.2 Å². The number of likely N-dealkylation sites (tertiary alicyclic amines) is 1. The van der Waals surface area contributed by atoms with Gasteiger partial charge in [-0.15, -0.1) is 0 Å². The smallest absolute Gasteiger partial charge is 0.255 e. The number of aromatic nitrogens is 1. The molecule has 2 aliphatic heterocycles. The van der Waals surface area contributed by atoms with Gasteiger partial charge in [0.05, 0.1) is 25.0 Å². The van der Waals surface area contributed by atoms with Crippen LogP contribution < -0.4 is 0 Å². The quantitative estimate of drug-likeness (QED) is 0.807. The summed E-state index contributed by atoms with van der Waals surface area (Å²) in [5, 5.41) is 0. The van der Waals surface area contributed by atoms with Crippen LogP contribution in [0.15, 0.2) is 36.7 Å². The summed E-state index contributed by atoms with van der Waals surface area (Å²) in [4.78, 5) is 20.2. The highest BCUT2D eigenvalue weighted by molar-refractivity contribution is 5.94. The van der Waals surface area contributed by atoms with E-state index in [0.29, 0.717) is 51.5 Å². The van der Waals surface area contributed by atoms with Crippen LogP contribution in [0.2, 0.25) is 0 Å². The molecule has 2 aliphatic rings. The van der Waals surface area contributed by atoms with Crippen LogP contribution in [-0.2, 0) is 11.3 Å². The molecule has 3 heterocycles. The molecule has 0 saturated carbocycles. The van der Waals surface area contributed by atoms with Crippen LogP contribution in [0.1, 0.15) is 15.9 Å². The minimum absolute atomic E-state index is 0.212. The Bertz CT molecular complexity index is 866. The first-order chi connectivity index (χ1) is 13.4. The minimum Gasteiger partial charge on any atom is -0.379 e. The lowest BCUT2D eigenvalue weighted by molar-refractivity contribution is -0.0606. The molecular weight excluding hydrogens is 371 g/mol. The first-order valence-corrected chi connectivity index (χ1v) is 9.07. The number of rotatable bonds is 3. The van der Waals surface area contributed by atoms with Crippen molar-refractivity contribution in [2.24, 2.45) is 5.41 Å². The molecule has 0 aliphatic carbocycles. The summed E-state index contributed by atoms with van der Waals surface area (Å²) in [7, 11) is 0. The van der Waals surface area contributed by atoms with E-state index in [0.717, 1.165) is 12.3 Å². The topological polar surface area (TPSA) is 45.7 Å². The Morgan fingerprint density at radius 3 is 2.50 bits per heavy atom. The number of nitrogens with zero attached hydrogens (tertiary/aromatic N) is 3. The van der Waals surface area contributed by atoms with E-state index >= 15 is 0 Å². The van der Waals surface area contributed by atoms with Crippen molar-refractivity contribution in [3.63, 3.8) is 0 Å². The second-order valence-corrected chi connectivity index (χ2v) is 7.59. The molecule has 8 heteroatoms. The molecule has 148 valence electrons. The van der Waals surface area contributed by atoms with Crippen molar-refractivity contribution < 1.29 is 22.7 Å². The molecule has 28 heavy (non-hydrogen) atoms. The molecule has 1 spiro atoms. The van der Waals surface area contributed by atoms with Crippen LogP contribution >= 0.6 is 0 Å². The highest BCUT2D eigenvalue weighted by Crippen LogP contribution is 2.35. The molecule has 2 fully saturated rings. The van der Waals surface area contributed by atoms with Gasteiger partial charge >= 0.3 is 0 Å². The molecule has 0 bridgehead atoms. The van der Waals surface area contributed by atoms with E-state index in [9.17, 15) is 18.0 Å². The van der Waals surface area contributed by atoms with Gasteiger partial charge in [-0.2, -0.15) is 0 Å². The van der Waals surface area contributed by atoms with Crippen molar-refractivity contribution in [2.75, 3.05) is 39.4 Å². The van der Waals surface area contributed by atoms with Crippen molar-refractivity contribution in [3.05, 3.63) is 65.2 Å². The predicted molar refractivity (Wildman–Crippen MR) is 95.0 cm³/mol. The predicted octanol–water partition coefficient (Wildman–Crippen LogP) is 2.47. The number of ether oxygens (including phenoxy) is 1. The average molecular weight is 391 g/mol. The summed E-state index contributed by atoms with van der Waals surface area (Å²) in [6.45, 7) is 3.55. The maximum Gasteiger partial charge on any atom is 0.255 e. The standard InChI is InChI=1S/C20H20F3N3O2/c21-16-3-14(4-17(22)6-16)9-25-10-20(11-25)12-26(1-2-28-13-20)19(27)15-5-18(23)8-24-7-15/h3-8H,1-2,9-13H2. The molecule has 1 aromatic heterocycles. The Labute approximate surface area is 160 Å². The van der Waals surface area contributed by atoms with Gasteiger partial charge in [0, 0.05) is 50.4 Å². The van der Waals surface area contributed by atoms with Gasteiger partial charge in [0.15, 0.2) is 0 Å². The highest BCUT2D eigenvalue weighted by Gasteiger charge is 2.46. The molecule has 0 unspecified atom stereocenters. The van der Waals surface area contributed by atoms with E-state index in [1.807, 2.05) is 0 Å². The van der Waals surface area contributed by atoms with Crippen LogP contribution in [-0.4, -0.2) is 60.1 Å². The number of amides is 1. The van der Waals surface area contributed by atoms with Gasteiger partial charge in [0.2, 0.25) is 0 Å². The maximum atomic E-state index is 13.4. The largest absolute Gasteiger partial charge is 0.379 e. The van der Waals surface area contributed by atoms with Crippen molar-refractivity contribution in [1.82, 2.24) is 14.8 Å². The molecule has 1 amide bonds. The molecule has 1 aromatic carbocycles. The normalized spacial score (nSPS) is 19.3. The molecule has 0 N–H and O–H groups in total. The van der Waals surface area contributed by atoms with Gasteiger partial charge in [-0.1, -0.05) is 0 Å². The first kappa shape index (κ1) is 18.9. The van der Waals surface area contributed by atoms with Crippen molar-refractivity contribution >= 4 is 5.91 Å². The number of hydrogen-bond donors (Lipinski definition) is 0. The fraction of sp³-hybridized carbons (Fsp3) is 0.400. The maximum absolute atomic E-state index is 13.4. The van der Waals surface area contributed by atoms with Crippen molar-refractivity contribution in [3.8, 4) is 0 Å².